The van der Waals surface area contributed by atoms with Crippen LogP contribution in [0.15, 0.2) is 11.4 Å². The predicted molar refractivity (Wildman–Crippen MR) is 42.9 cm³/mol. The third kappa shape index (κ3) is 1.40. The summed E-state index contributed by atoms with van der Waals surface area (Å²) in [5, 5.41) is 2.57. The zero-order valence-corrected chi connectivity index (χ0v) is 7.04. The smallest absolute Gasteiger partial charge is 0.271 e. The molecule has 0 radical (unpaired) electrons. The van der Waals surface area contributed by atoms with Crippen LogP contribution in [-0.2, 0) is 7.05 Å². The largest absolute Gasteiger partial charge is 0.312 e. The van der Waals surface area contributed by atoms with Crippen LogP contribution in [0, 0.1) is 4.91 Å². The Kier molecular flexibility index (Phi) is 2.24. The lowest BCUT2D eigenvalue weighted by Crippen LogP contribution is -1.95. The molecule has 0 spiro atoms. The Morgan fingerprint density at radius 2 is 2.45 bits per heavy atom. The van der Waals surface area contributed by atoms with E-state index in [1.807, 2.05) is 6.92 Å². The molecule has 4 nitrogen and oxygen atoms in total. The Bertz CT molecular complexity index is 269. The summed E-state index contributed by atoms with van der Waals surface area (Å²) < 4.78 is 1.57. The van der Waals surface area contributed by atoms with Crippen molar-refractivity contribution in [1.82, 2.24) is 9.55 Å². The van der Waals surface area contributed by atoms with Crippen molar-refractivity contribution in [2.45, 2.75) is 12.3 Å². The maximum atomic E-state index is 10.1. The molecule has 0 aliphatic rings. The zero-order chi connectivity index (χ0) is 8.43. The molecule has 60 valence electrons. The summed E-state index contributed by atoms with van der Waals surface area (Å²) in [6.07, 6.45) is 1.55. The first kappa shape index (κ1) is 8.20. The van der Waals surface area contributed by atoms with Gasteiger partial charge in [-0.2, -0.15) is 0 Å². The maximum absolute atomic E-state index is 10.1. The Labute approximate surface area is 69.2 Å². The molecule has 1 aromatic heterocycles. The second-order valence-electron chi connectivity index (χ2n) is 2.25. The molecule has 0 aromatic carbocycles. The summed E-state index contributed by atoms with van der Waals surface area (Å²) in [4.78, 5) is 13.8. The van der Waals surface area contributed by atoms with Gasteiger partial charge in [0.2, 0.25) is 0 Å². The molecule has 0 bridgehead atoms. The molecule has 0 amide bonds. The second-order valence-corrected chi connectivity index (χ2v) is 2.90. The van der Waals surface area contributed by atoms with E-state index in [0.717, 1.165) is 5.69 Å². The highest BCUT2D eigenvalue weighted by molar-refractivity contribution is 6.20. The van der Waals surface area contributed by atoms with Crippen molar-refractivity contribution in [3.8, 4) is 0 Å². The lowest BCUT2D eigenvalue weighted by Gasteiger charge is -2.02. The van der Waals surface area contributed by atoms with E-state index in [0.29, 0.717) is 0 Å². The number of halogens is 1. The number of hydrogen-bond acceptors (Lipinski definition) is 3. The van der Waals surface area contributed by atoms with Crippen molar-refractivity contribution in [2.24, 2.45) is 12.2 Å². The van der Waals surface area contributed by atoms with E-state index in [4.69, 9.17) is 11.6 Å². The van der Waals surface area contributed by atoms with Crippen molar-refractivity contribution >= 4 is 17.5 Å². The Morgan fingerprint density at radius 1 is 1.82 bits per heavy atom. The van der Waals surface area contributed by atoms with E-state index in [1.165, 1.54) is 0 Å². The molecule has 1 atom stereocenters. The first-order chi connectivity index (χ1) is 5.16. The molecule has 1 rings (SSSR count). The van der Waals surface area contributed by atoms with Gasteiger partial charge in [-0.1, -0.05) is 0 Å². The van der Waals surface area contributed by atoms with Crippen LogP contribution in [0.25, 0.3) is 0 Å². The van der Waals surface area contributed by atoms with Crippen molar-refractivity contribution in [1.29, 1.82) is 0 Å². The number of nitroso groups, excluding NO2 is 1. The first-order valence-corrected chi connectivity index (χ1v) is 3.59. The van der Waals surface area contributed by atoms with Crippen LogP contribution in [-0.4, -0.2) is 9.55 Å². The summed E-state index contributed by atoms with van der Waals surface area (Å²) in [7, 11) is 1.71. The summed E-state index contributed by atoms with van der Waals surface area (Å²) >= 11 is 5.77. The van der Waals surface area contributed by atoms with E-state index < -0.39 is 0 Å². The van der Waals surface area contributed by atoms with Gasteiger partial charge in [-0.05, 0) is 6.92 Å². The van der Waals surface area contributed by atoms with E-state index in [-0.39, 0.29) is 11.3 Å². The minimum absolute atomic E-state index is 0.150. The second kappa shape index (κ2) is 3.00. The Hall–Kier alpha value is -0.900. The lowest BCUT2D eigenvalue weighted by atomic mass is 10.3. The van der Waals surface area contributed by atoms with Gasteiger partial charge in [0.05, 0.1) is 17.3 Å². The van der Waals surface area contributed by atoms with Crippen LogP contribution in [0.3, 0.4) is 0 Å². The highest BCUT2D eigenvalue weighted by atomic mass is 35.5. The van der Waals surface area contributed by atoms with E-state index in [2.05, 4.69) is 10.2 Å². The van der Waals surface area contributed by atoms with E-state index >= 15 is 0 Å². The SMILES string of the molecule is CC(Cl)c1cnc(N=O)n1C. The zero-order valence-electron chi connectivity index (χ0n) is 6.28. The molecular weight excluding hydrogens is 166 g/mol. The number of imidazole rings is 1. The number of rotatable bonds is 2. The van der Waals surface area contributed by atoms with Crippen molar-refractivity contribution < 1.29 is 0 Å². The number of hydrogen-bond donors (Lipinski definition) is 0. The van der Waals surface area contributed by atoms with Crippen LogP contribution in [0.5, 0.6) is 0 Å². The number of aromatic nitrogens is 2. The Balaban J connectivity index is 3.10. The van der Waals surface area contributed by atoms with Crippen molar-refractivity contribution in [3.63, 3.8) is 0 Å². The monoisotopic (exact) mass is 173 g/mol. The van der Waals surface area contributed by atoms with E-state index in [9.17, 15) is 4.91 Å². The first-order valence-electron chi connectivity index (χ1n) is 3.16. The maximum Gasteiger partial charge on any atom is 0.271 e. The molecule has 1 unspecified atom stereocenters. The van der Waals surface area contributed by atoms with Crippen LogP contribution >= 0.6 is 11.6 Å². The molecule has 0 N–H and O–H groups in total. The summed E-state index contributed by atoms with van der Waals surface area (Å²) in [5.74, 6) is 0.160. The third-order valence-electron chi connectivity index (χ3n) is 1.49. The van der Waals surface area contributed by atoms with Gasteiger partial charge in [0, 0.05) is 12.2 Å². The molecule has 0 saturated heterocycles. The van der Waals surface area contributed by atoms with E-state index in [1.54, 1.807) is 17.8 Å². The molecule has 1 heterocycles. The highest BCUT2D eigenvalue weighted by Gasteiger charge is 2.10. The van der Waals surface area contributed by atoms with Gasteiger partial charge < -0.3 is 4.57 Å². The third-order valence-corrected chi connectivity index (χ3v) is 1.71. The van der Waals surface area contributed by atoms with Gasteiger partial charge in [-0.3, -0.25) is 0 Å². The van der Waals surface area contributed by atoms with Gasteiger partial charge in [-0.15, -0.1) is 16.5 Å². The average Bonchev–Trinajstić information content (AvgIpc) is 2.30. The topological polar surface area (TPSA) is 47.2 Å². The van der Waals surface area contributed by atoms with Gasteiger partial charge in [0.1, 0.15) is 0 Å². The average molecular weight is 174 g/mol. The molecule has 0 fully saturated rings. The number of nitrogens with zero attached hydrogens (tertiary/aromatic N) is 3. The van der Waals surface area contributed by atoms with Crippen molar-refractivity contribution in [2.75, 3.05) is 0 Å². The molecule has 0 aliphatic heterocycles. The van der Waals surface area contributed by atoms with Crippen LogP contribution in [0.2, 0.25) is 0 Å². The standard InChI is InChI=1S/C6H8ClN3O/c1-4(7)5-3-8-6(9-11)10(5)2/h3-4H,1-2H3. The molecule has 1 aromatic rings. The van der Waals surface area contributed by atoms with Crippen LogP contribution in [0.4, 0.5) is 5.95 Å². The lowest BCUT2D eigenvalue weighted by molar-refractivity contribution is 0.820. The molecule has 0 saturated carbocycles. The van der Waals surface area contributed by atoms with Crippen LogP contribution in [0.1, 0.15) is 18.0 Å². The fourth-order valence-electron chi connectivity index (χ4n) is 0.867. The minimum Gasteiger partial charge on any atom is -0.312 e. The molecule has 0 aliphatic carbocycles. The summed E-state index contributed by atoms with van der Waals surface area (Å²) in [6.45, 7) is 1.81. The number of alkyl halides is 1. The van der Waals surface area contributed by atoms with Crippen LogP contribution < -0.4 is 0 Å². The molecule has 11 heavy (non-hydrogen) atoms. The summed E-state index contributed by atoms with van der Waals surface area (Å²) in [5.41, 5.74) is 0.793. The van der Waals surface area contributed by atoms with Gasteiger partial charge in [0.25, 0.3) is 5.95 Å². The minimum atomic E-state index is -0.150. The molecular formula is C6H8ClN3O. The van der Waals surface area contributed by atoms with Crippen molar-refractivity contribution in [3.05, 3.63) is 16.8 Å². The fourth-order valence-corrected chi connectivity index (χ4v) is 1.07. The predicted octanol–water partition coefficient (Wildman–Crippen LogP) is 2.12. The highest BCUT2D eigenvalue weighted by Crippen LogP contribution is 2.22. The van der Waals surface area contributed by atoms with Gasteiger partial charge in [0.15, 0.2) is 0 Å². The van der Waals surface area contributed by atoms with Gasteiger partial charge in [-0.25, -0.2) is 4.98 Å². The summed E-state index contributed by atoms with van der Waals surface area (Å²) in [6, 6.07) is 0. The normalized spacial score (nSPS) is 13.0. The molecule has 5 heteroatoms. The quantitative estimate of drug-likeness (QED) is 0.508. The fraction of sp³-hybridized carbons (Fsp3) is 0.500. The van der Waals surface area contributed by atoms with Gasteiger partial charge >= 0.3 is 0 Å². The Morgan fingerprint density at radius 3 is 2.73 bits per heavy atom.